The highest BCUT2D eigenvalue weighted by Gasteiger charge is 2.37. The molecule has 0 radical (unpaired) electrons. The van der Waals surface area contributed by atoms with Crippen LogP contribution < -0.4 is 9.47 Å². The summed E-state index contributed by atoms with van der Waals surface area (Å²) >= 11 is 0. The molecule has 0 saturated carbocycles. The molecule has 4 heteroatoms. The van der Waals surface area contributed by atoms with E-state index in [1.165, 1.54) is 0 Å². The second-order valence-corrected chi connectivity index (χ2v) is 6.88. The molecule has 3 rings (SSSR count). The fourth-order valence-electron chi connectivity index (χ4n) is 3.30. The Morgan fingerprint density at radius 1 is 0.852 bits per heavy atom. The summed E-state index contributed by atoms with van der Waals surface area (Å²) in [4.78, 5) is 0. The van der Waals surface area contributed by atoms with E-state index < -0.39 is 5.60 Å². The number of aliphatic hydroxyl groups is 1. The standard InChI is InChI=1S/C23H26O4/c1-22(27-4)15-13-19(14-16-22)23(24,17-5-9-20(25-2)10-6-17)18-7-11-21(26-3)12-8-18/h5-15,24H,16H2,1-4H3. The molecule has 2 aromatic carbocycles. The summed E-state index contributed by atoms with van der Waals surface area (Å²) < 4.78 is 16.1. The van der Waals surface area contributed by atoms with Gasteiger partial charge in [0.25, 0.3) is 0 Å². The number of methoxy groups -OCH3 is 3. The third-order valence-corrected chi connectivity index (χ3v) is 5.24. The normalized spacial score (nSPS) is 19.5. The van der Waals surface area contributed by atoms with Gasteiger partial charge >= 0.3 is 0 Å². The van der Waals surface area contributed by atoms with Gasteiger partial charge in [-0.2, -0.15) is 0 Å². The number of rotatable bonds is 6. The van der Waals surface area contributed by atoms with Crippen molar-refractivity contribution in [2.45, 2.75) is 24.5 Å². The molecule has 0 saturated heterocycles. The second-order valence-electron chi connectivity index (χ2n) is 6.88. The third-order valence-electron chi connectivity index (χ3n) is 5.24. The van der Waals surface area contributed by atoms with Crippen LogP contribution in [-0.4, -0.2) is 32.0 Å². The minimum Gasteiger partial charge on any atom is -0.497 e. The van der Waals surface area contributed by atoms with Crippen LogP contribution in [0.4, 0.5) is 0 Å². The van der Waals surface area contributed by atoms with Gasteiger partial charge in [-0.15, -0.1) is 0 Å². The Labute approximate surface area is 160 Å². The summed E-state index contributed by atoms with van der Waals surface area (Å²) in [5, 5.41) is 11.9. The van der Waals surface area contributed by atoms with Crippen molar-refractivity contribution < 1.29 is 19.3 Å². The summed E-state index contributed by atoms with van der Waals surface area (Å²) in [6.07, 6.45) is 6.67. The van der Waals surface area contributed by atoms with Crippen molar-refractivity contribution in [2.75, 3.05) is 21.3 Å². The van der Waals surface area contributed by atoms with E-state index in [0.29, 0.717) is 6.42 Å². The van der Waals surface area contributed by atoms with Crippen molar-refractivity contribution >= 4 is 0 Å². The van der Waals surface area contributed by atoms with Crippen LogP contribution >= 0.6 is 0 Å². The summed E-state index contributed by atoms with van der Waals surface area (Å²) in [5.41, 5.74) is 0.706. The van der Waals surface area contributed by atoms with Gasteiger partial charge in [0.2, 0.25) is 0 Å². The minimum atomic E-state index is -1.29. The van der Waals surface area contributed by atoms with Gasteiger partial charge in [-0.3, -0.25) is 0 Å². The molecule has 142 valence electrons. The second kappa shape index (κ2) is 7.59. The number of benzene rings is 2. The molecular formula is C23H26O4. The summed E-state index contributed by atoms with van der Waals surface area (Å²) in [7, 11) is 4.95. The molecule has 1 unspecified atom stereocenters. The van der Waals surface area contributed by atoms with E-state index in [-0.39, 0.29) is 5.60 Å². The zero-order valence-corrected chi connectivity index (χ0v) is 16.2. The number of hydrogen-bond donors (Lipinski definition) is 1. The molecule has 0 fully saturated rings. The Morgan fingerprint density at radius 2 is 1.33 bits per heavy atom. The predicted molar refractivity (Wildman–Crippen MR) is 106 cm³/mol. The first kappa shape index (κ1) is 19.2. The number of ether oxygens (including phenoxy) is 3. The average molecular weight is 366 g/mol. The molecule has 0 aliphatic heterocycles. The first-order chi connectivity index (χ1) is 12.9. The molecule has 27 heavy (non-hydrogen) atoms. The van der Waals surface area contributed by atoms with Crippen molar-refractivity contribution in [1.29, 1.82) is 0 Å². The van der Waals surface area contributed by atoms with E-state index in [4.69, 9.17) is 14.2 Å². The maximum absolute atomic E-state index is 11.9. The maximum Gasteiger partial charge on any atom is 0.140 e. The van der Waals surface area contributed by atoms with E-state index in [1.54, 1.807) is 21.3 Å². The fraction of sp³-hybridized carbons (Fsp3) is 0.304. The van der Waals surface area contributed by atoms with Gasteiger partial charge in [0.05, 0.1) is 19.8 Å². The zero-order valence-electron chi connectivity index (χ0n) is 16.2. The maximum atomic E-state index is 11.9. The molecule has 0 amide bonds. The van der Waals surface area contributed by atoms with Crippen molar-refractivity contribution in [3.05, 3.63) is 83.5 Å². The Bertz CT molecular complexity index is 786. The van der Waals surface area contributed by atoms with Crippen molar-refractivity contribution in [2.24, 2.45) is 0 Å². The van der Waals surface area contributed by atoms with E-state index >= 15 is 0 Å². The first-order valence-corrected chi connectivity index (χ1v) is 8.91. The molecule has 1 aliphatic rings. The van der Waals surface area contributed by atoms with Crippen molar-refractivity contribution in [3.63, 3.8) is 0 Å². The largest absolute Gasteiger partial charge is 0.497 e. The van der Waals surface area contributed by atoms with Crippen molar-refractivity contribution in [3.8, 4) is 11.5 Å². The Morgan fingerprint density at radius 3 is 1.67 bits per heavy atom. The zero-order chi connectivity index (χ0) is 19.5. The van der Waals surface area contributed by atoms with E-state index in [2.05, 4.69) is 0 Å². The van der Waals surface area contributed by atoms with Gasteiger partial charge in [0.15, 0.2) is 0 Å². The van der Waals surface area contributed by atoms with Gasteiger partial charge in [-0.1, -0.05) is 42.5 Å². The SMILES string of the molecule is COc1ccc(C(O)(C2=CCC(C)(OC)C=C2)c2ccc(OC)cc2)cc1. The van der Waals surface area contributed by atoms with Crippen LogP contribution in [0.15, 0.2) is 72.3 Å². The van der Waals surface area contributed by atoms with Crippen LogP contribution in [0.5, 0.6) is 11.5 Å². The molecule has 0 bridgehead atoms. The predicted octanol–water partition coefficient (Wildman–Crippen LogP) is 4.23. The topological polar surface area (TPSA) is 47.9 Å². The minimum absolute atomic E-state index is 0.357. The van der Waals surface area contributed by atoms with Gasteiger partial charge in [-0.25, -0.2) is 0 Å². The molecular weight excluding hydrogens is 340 g/mol. The van der Waals surface area contributed by atoms with Gasteiger partial charge in [0.1, 0.15) is 17.1 Å². The molecule has 0 aromatic heterocycles. The Hall–Kier alpha value is -2.56. The molecule has 4 nitrogen and oxygen atoms in total. The molecule has 1 N–H and O–H groups in total. The monoisotopic (exact) mass is 366 g/mol. The highest BCUT2D eigenvalue weighted by Crippen LogP contribution is 2.41. The van der Waals surface area contributed by atoms with Gasteiger partial charge in [0, 0.05) is 7.11 Å². The third kappa shape index (κ3) is 3.64. The van der Waals surface area contributed by atoms with Crippen LogP contribution in [0.2, 0.25) is 0 Å². The summed E-state index contributed by atoms with van der Waals surface area (Å²) in [6, 6.07) is 15.0. The van der Waals surface area contributed by atoms with Crippen molar-refractivity contribution in [1.82, 2.24) is 0 Å². The molecule has 0 heterocycles. The lowest BCUT2D eigenvalue weighted by Gasteiger charge is -2.35. The van der Waals surface area contributed by atoms with E-state index in [0.717, 1.165) is 28.2 Å². The van der Waals surface area contributed by atoms with Crippen LogP contribution in [0.1, 0.15) is 24.5 Å². The summed E-state index contributed by atoms with van der Waals surface area (Å²) in [6.45, 7) is 2.02. The molecule has 1 aliphatic carbocycles. The lowest BCUT2D eigenvalue weighted by Crippen LogP contribution is -2.33. The fourth-order valence-corrected chi connectivity index (χ4v) is 3.30. The van der Waals surface area contributed by atoms with Crippen LogP contribution in [0.3, 0.4) is 0 Å². The molecule has 0 spiro atoms. The molecule has 2 aromatic rings. The van der Waals surface area contributed by atoms with Crippen LogP contribution in [0, 0.1) is 0 Å². The number of hydrogen-bond acceptors (Lipinski definition) is 4. The highest BCUT2D eigenvalue weighted by atomic mass is 16.5. The Kier molecular flexibility index (Phi) is 5.40. The summed E-state index contributed by atoms with van der Waals surface area (Å²) in [5.74, 6) is 1.49. The molecule has 1 atom stereocenters. The van der Waals surface area contributed by atoms with Gasteiger partial charge < -0.3 is 19.3 Å². The smallest absolute Gasteiger partial charge is 0.140 e. The quantitative estimate of drug-likeness (QED) is 0.831. The van der Waals surface area contributed by atoms with E-state index in [9.17, 15) is 5.11 Å². The highest BCUT2D eigenvalue weighted by molar-refractivity contribution is 5.52. The van der Waals surface area contributed by atoms with Crippen LogP contribution in [0.25, 0.3) is 0 Å². The van der Waals surface area contributed by atoms with E-state index in [1.807, 2.05) is 73.7 Å². The lowest BCUT2D eigenvalue weighted by atomic mass is 9.76. The van der Waals surface area contributed by atoms with Crippen LogP contribution in [-0.2, 0) is 10.3 Å². The Balaban J connectivity index is 2.09. The van der Waals surface area contributed by atoms with Gasteiger partial charge in [-0.05, 0) is 54.3 Å². The lowest BCUT2D eigenvalue weighted by molar-refractivity contribution is 0.0480. The average Bonchev–Trinajstić information content (AvgIpc) is 2.74. The first-order valence-electron chi connectivity index (χ1n) is 8.91.